The van der Waals surface area contributed by atoms with Gasteiger partial charge >= 0.3 is 0 Å². The molecule has 0 spiro atoms. The monoisotopic (exact) mass is 280 g/mol. The van der Waals surface area contributed by atoms with Crippen LogP contribution in [0.4, 0.5) is 0 Å². The molecule has 0 bridgehead atoms. The fourth-order valence-corrected chi connectivity index (χ4v) is 2.21. The van der Waals surface area contributed by atoms with Crippen molar-refractivity contribution >= 4 is 5.91 Å². The van der Waals surface area contributed by atoms with Crippen LogP contribution in [0.15, 0.2) is 18.2 Å². The summed E-state index contributed by atoms with van der Waals surface area (Å²) >= 11 is 0. The van der Waals surface area contributed by atoms with Crippen LogP contribution in [0.1, 0.15) is 11.6 Å². The molecule has 0 radical (unpaired) electrons. The third-order valence-corrected chi connectivity index (χ3v) is 3.34. The van der Waals surface area contributed by atoms with Crippen molar-refractivity contribution in [3.8, 4) is 11.5 Å². The standard InChI is InChI=1S/C14H20N2O4/c1-18-10-3-4-13(19-2)11(7-10)12(15)8-16-5-6-20-9-14(16)17/h3-4,7,12H,5-6,8-9,15H2,1-2H3. The van der Waals surface area contributed by atoms with Crippen LogP contribution in [0.3, 0.4) is 0 Å². The normalized spacial score (nSPS) is 16.9. The van der Waals surface area contributed by atoms with Crippen LogP contribution in [0.5, 0.6) is 11.5 Å². The first kappa shape index (κ1) is 14.6. The lowest BCUT2D eigenvalue weighted by atomic mass is 10.1. The number of nitrogens with zero attached hydrogens (tertiary/aromatic N) is 1. The molecule has 0 aliphatic carbocycles. The molecule has 1 aliphatic heterocycles. The summed E-state index contributed by atoms with van der Waals surface area (Å²) in [7, 11) is 3.19. The molecule has 0 aromatic heterocycles. The molecule has 20 heavy (non-hydrogen) atoms. The predicted molar refractivity (Wildman–Crippen MR) is 73.9 cm³/mol. The Morgan fingerprint density at radius 1 is 1.40 bits per heavy atom. The first-order chi connectivity index (χ1) is 9.65. The van der Waals surface area contributed by atoms with E-state index in [1.807, 2.05) is 18.2 Å². The summed E-state index contributed by atoms with van der Waals surface area (Å²) < 4.78 is 15.6. The molecule has 1 saturated heterocycles. The zero-order chi connectivity index (χ0) is 14.5. The van der Waals surface area contributed by atoms with Crippen molar-refractivity contribution in [3.05, 3.63) is 23.8 Å². The minimum atomic E-state index is -0.331. The zero-order valence-corrected chi connectivity index (χ0v) is 11.8. The number of carbonyl (C=O) groups excluding carboxylic acids is 1. The van der Waals surface area contributed by atoms with Gasteiger partial charge in [0.25, 0.3) is 0 Å². The summed E-state index contributed by atoms with van der Waals surface area (Å²) in [5.74, 6) is 1.37. The van der Waals surface area contributed by atoms with Gasteiger partial charge in [-0.2, -0.15) is 0 Å². The Labute approximate surface area is 118 Å². The number of hydrogen-bond acceptors (Lipinski definition) is 5. The van der Waals surface area contributed by atoms with Gasteiger partial charge in [-0.15, -0.1) is 0 Å². The second-order valence-electron chi connectivity index (χ2n) is 4.61. The predicted octanol–water partition coefficient (Wildman–Crippen LogP) is 0.562. The largest absolute Gasteiger partial charge is 0.497 e. The van der Waals surface area contributed by atoms with Crippen molar-refractivity contribution in [2.24, 2.45) is 5.73 Å². The number of ether oxygens (including phenoxy) is 3. The van der Waals surface area contributed by atoms with Gasteiger partial charge in [0.2, 0.25) is 5.91 Å². The van der Waals surface area contributed by atoms with Crippen molar-refractivity contribution < 1.29 is 19.0 Å². The van der Waals surface area contributed by atoms with E-state index in [-0.39, 0.29) is 18.6 Å². The number of benzene rings is 1. The van der Waals surface area contributed by atoms with Crippen LogP contribution < -0.4 is 15.2 Å². The van der Waals surface area contributed by atoms with Crippen LogP contribution in [0.25, 0.3) is 0 Å². The Morgan fingerprint density at radius 2 is 2.20 bits per heavy atom. The Bertz CT molecular complexity index is 478. The highest BCUT2D eigenvalue weighted by molar-refractivity contribution is 5.78. The van der Waals surface area contributed by atoms with Crippen molar-refractivity contribution in [3.63, 3.8) is 0 Å². The molecule has 1 fully saturated rings. The highest BCUT2D eigenvalue weighted by Crippen LogP contribution is 2.28. The van der Waals surface area contributed by atoms with Gasteiger partial charge in [0, 0.05) is 18.7 Å². The molecule has 6 nitrogen and oxygen atoms in total. The molecule has 6 heteroatoms. The van der Waals surface area contributed by atoms with Gasteiger partial charge in [-0.3, -0.25) is 4.79 Å². The van der Waals surface area contributed by atoms with Crippen molar-refractivity contribution in [2.75, 3.05) is 40.5 Å². The molecular weight excluding hydrogens is 260 g/mol. The highest BCUT2D eigenvalue weighted by Gasteiger charge is 2.23. The minimum absolute atomic E-state index is 0.0337. The maximum Gasteiger partial charge on any atom is 0.248 e. The van der Waals surface area contributed by atoms with E-state index in [1.165, 1.54) is 0 Å². The number of amides is 1. The second kappa shape index (κ2) is 6.58. The number of hydrogen-bond donors (Lipinski definition) is 1. The smallest absolute Gasteiger partial charge is 0.248 e. The van der Waals surface area contributed by atoms with Crippen LogP contribution in [-0.4, -0.2) is 51.3 Å². The molecule has 110 valence electrons. The van der Waals surface area contributed by atoms with Crippen LogP contribution in [0.2, 0.25) is 0 Å². The lowest BCUT2D eigenvalue weighted by molar-refractivity contribution is -0.142. The Hall–Kier alpha value is -1.79. The maximum absolute atomic E-state index is 11.7. The molecule has 1 aliphatic rings. The Balaban J connectivity index is 2.14. The van der Waals surface area contributed by atoms with Crippen molar-refractivity contribution in [2.45, 2.75) is 6.04 Å². The van der Waals surface area contributed by atoms with E-state index in [4.69, 9.17) is 19.9 Å². The number of morpholine rings is 1. The van der Waals surface area contributed by atoms with Gasteiger partial charge in [-0.1, -0.05) is 0 Å². The molecule has 1 aromatic carbocycles. The van der Waals surface area contributed by atoms with E-state index in [1.54, 1.807) is 19.1 Å². The summed E-state index contributed by atoms with van der Waals surface area (Å²) in [6.07, 6.45) is 0. The number of nitrogens with two attached hydrogens (primary N) is 1. The first-order valence-corrected chi connectivity index (χ1v) is 6.48. The summed E-state index contributed by atoms with van der Waals surface area (Å²) in [5.41, 5.74) is 7.04. The molecule has 1 heterocycles. The third-order valence-electron chi connectivity index (χ3n) is 3.34. The summed E-state index contributed by atoms with van der Waals surface area (Å²) in [5, 5.41) is 0. The summed E-state index contributed by atoms with van der Waals surface area (Å²) in [4.78, 5) is 13.4. The zero-order valence-electron chi connectivity index (χ0n) is 11.8. The molecule has 2 N–H and O–H groups in total. The fourth-order valence-electron chi connectivity index (χ4n) is 2.21. The average Bonchev–Trinajstić information content (AvgIpc) is 2.48. The van der Waals surface area contributed by atoms with E-state index in [0.29, 0.717) is 31.2 Å². The molecule has 2 rings (SSSR count). The van der Waals surface area contributed by atoms with Gasteiger partial charge in [0.05, 0.1) is 26.9 Å². The van der Waals surface area contributed by atoms with Gasteiger partial charge in [-0.05, 0) is 18.2 Å². The fraction of sp³-hybridized carbons (Fsp3) is 0.500. The number of carbonyl (C=O) groups is 1. The molecule has 1 unspecified atom stereocenters. The van der Waals surface area contributed by atoms with Gasteiger partial charge in [0.1, 0.15) is 18.1 Å². The average molecular weight is 280 g/mol. The van der Waals surface area contributed by atoms with E-state index >= 15 is 0 Å². The maximum atomic E-state index is 11.7. The molecule has 1 amide bonds. The SMILES string of the molecule is COc1ccc(OC)c(C(N)CN2CCOCC2=O)c1. The molecule has 1 aromatic rings. The van der Waals surface area contributed by atoms with E-state index in [2.05, 4.69) is 0 Å². The van der Waals surface area contributed by atoms with Gasteiger partial charge in [-0.25, -0.2) is 0 Å². The van der Waals surface area contributed by atoms with E-state index in [0.717, 1.165) is 5.56 Å². The Morgan fingerprint density at radius 3 is 2.85 bits per heavy atom. The summed E-state index contributed by atoms with van der Waals surface area (Å²) in [6, 6.07) is 5.14. The van der Waals surface area contributed by atoms with E-state index < -0.39 is 0 Å². The van der Waals surface area contributed by atoms with Crippen molar-refractivity contribution in [1.29, 1.82) is 0 Å². The van der Waals surface area contributed by atoms with Crippen molar-refractivity contribution in [1.82, 2.24) is 4.90 Å². The summed E-state index contributed by atoms with van der Waals surface area (Å²) in [6.45, 7) is 1.68. The lowest BCUT2D eigenvalue weighted by Gasteiger charge is -2.29. The van der Waals surface area contributed by atoms with Gasteiger partial charge < -0.3 is 24.8 Å². The highest BCUT2D eigenvalue weighted by atomic mass is 16.5. The van der Waals surface area contributed by atoms with Crippen LogP contribution in [0, 0.1) is 0 Å². The molecular formula is C14H20N2O4. The second-order valence-corrected chi connectivity index (χ2v) is 4.61. The van der Waals surface area contributed by atoms with Gasteiger partial charge in [0.15, 0.2) is 0 Å². The van der Waals surface area contributed by atoms with Crippen LogP contribution in [-0.2, 0) is 9.53 Å². The molecule has 1 atom stereocenters. The first-order valence-electron chi connectivity index (χ1n) is 6.48. The van der Waals surface area contributed by atoms with E-state index in [9.17, 15) is 4.79 Å². The lowest BCUT2D eigenvalue weighted by Crippen LogP contribution is -2.44. The minimum Gasteiger partial charge on any atom is -0.497 e. The number of methoxy groups -OCH3 is 2. The number of rotatable bonds is 5. The van der Waals surface area contributed by atoms with Crippen LogP contribution >= 0.6 is 0 Å². The topological polar surface area (TPSA) is 74.0 Å². The third kappa shape index (κ3) is 3.20. The molecule has 0 saturated carbocycles. The quantitative estimate of drug-likeness (QED) is 0.853. The Kier molecular flexibility index (Phi) is 4.81.